The molecule has 0 saturated heterocycles. The van der Waals surface area contributed by atoms with Gasteiger partial charge in [-0.25, -0.2) is 0 Å². The average Bonchev–Trinajstić information content (AvgIpc) is 2.57. The molecule has 2 aromatic carbocycles. The van der Waals surface area contributed by atoms with Crippen molar-refractivity contribution in [3.05, 3.63) is 85.3 Å². The summed E-state index contributed by atoms with van der Waals surface area (Å²) in [5.74, 6) is 4.10. The molecule has 1 heterocycles. The van der Waals surface area contributed by atoms with Crippen LogP contribution in [0.3, 0.4) is 0 Å². The molecule has 0 radical (unpaired) electrons. The molecule has 0 unspecified atom stereocenters. The van der Waals surface area contributed by atoms with Gasteiger partial charge in [0.05, 0.1) is 6.26 Å². The van der Waals surface area contributed by atoms with Crippen LogP contribution in [0.25, 0.3) is 0 Å². The minimum absolute atomic E-state index is 0. The molecule has 0 aromatic heterocycles. The summed E-state index contributed by atoms with van der Waals surface area (Å²) in [7, 11) is 0. The number of fused-ring (bicyclic) bond motifs is 3. The van der Waals surface area contributed by atoms with Crippen molar-refractivity contribution in [2.45, 2.75) is 39.0 Å². The lowest BCUT2D eigenvalue weighted by Gasteiger charge is -2.42. The Hall–Kier alpha value is -2.56. The van der Waals surface area contributed by atoms with Crippen LogP contribution in [0.2, 0.25) is 0 Å². The fourth-order valence-corrected chi connectivity index (χ4v) is 2.95. The largest absolute Gasteiger partial charge is 0.466 e. The molecular weight excluding hydrogens is 340 g/mol. The molecular formula is C23H32O4. The van der Waals surface area contributed by atoms with E-state index in [0.29, 0.717) is 11.8 Å². The van der Waals surface area contributed by atoms with Gasteiger partial charge in [0.15, 0.2) is 0 Å². The van der Waals surface area contributed by atoms with E-state index in [-0.39, 0.29) is 11.0 Å². The van der Waals surface area contributed by atoms with E-state index in [0.717, 1.165) is 17.3 Å². The Morgan fingerprint density at radius 2 is 1.52 bits per heavy atom. The highest BCUT2D eigenvalue weighted by atomic mass is 16.5. The lowest BCUT2D eigenvalue weighted by atomic mass is 9.68. The Morgan fingerprint density at radius 1 is 0.963 bits per heavy atom. The molecule has 4 N–H and O–H groups in total. The number of hydrogen-bond donors (Lipinski definition) is 0. The van der Waals surface area contributed by atoms with Gasteiger partial charge in [0.2, 0.25) is 0 Å². The van der Waals surface area contributed by atoms with Crippen LogP contribution in [-0.2, 0) is 0 Å². The summed E-state index contributed by atoms with van der Waals surface area (Å²) in [4.78, 5) is 0. The molecule has 1 fully saturated rings. The number of benzene rings is 2. The summed E-state index contributed by atoms with van der Waals surface area (Å²) in [6.07, 6.45) is 5.21. The van der Waals surface area contributed by atoms with Crippen molar-refractivity contribution in [2.75, 3.05) is 0 Å². The van der Waals surface area contributed by atoms with Crippen LogP contribution in [0.5, 0.6) is 11.5 Å². The lowest BCUT2D eigenvalue weighted by molar-refractivity contribution is 0.190. The third-order valence-electron chi connectivity index (χ3n) is 4.21. The van der Waals surface area contributed by atoms with Gasteiger partial charge in [-0.1, -0.05) is 69.8 Å². The van der Waals surface area contributed by atoms with Crippen LogP contribution in [0, 0.1) is 5.92 Å². The maximum Gasteiger partial charge on any atom is 0.130 e. The molecule has 0 amide bonds. The Labute approximate surface area is 162 Å². The normalized spacial score (nSPS) is 17.8. The van der Waals surface area contributed by atoms with E-state index in [1.54, 1.807) is 0 Å². The summed E-state index contributed by atoms with van der Waals surface area (Å²) >= 11 is 0. The van der Waals surface area contributed by atoms with Crippen molar-refractivity contribution in [1.29, 1.82) is 0 Å². The Balaban J connectivity index is 0.000000430. The molecule has 0 bridgehead atoms. The van der Waals surface area contributed by atoms with Crippen molar-refractivity contribution < 1.29 is 20.4 Å². The van der Waals surface area contributed by atoms with Crippen LogP contribution in [0.4, 0.5) is 0 Å². The summed E-state index contributed by atoms with van der Waals surface area (Å²) in [5, 5.41) is 0. The van der Waals surface area contributed by atoms with Gasteiger partial charge in [0.25, 0.3) is 0 Å². The molecule has 1 aliphatic heterocycles. The van der Waals surface area contributed by atoms with E-state index in [1.807, 2.05) is 42.5 Å². The van der Waals surface area contributed by atoms with Gasteiger partial charge in [-0.05, 0) is 42.5 Å². The highest BCUT2D eigenvalue weighted by Gasteiger charge is 2.40. The number of rotatable bonds is 2. The smallest absolute Gasteiger partial charge is 0.130 e. The Bertz CT molecular complexity index is 682. The Morgan fingerprint density at radius 3 is 2.07 bits per heavy atom. The predicted molar refractivity (Wildman–Crippen MR) is 112 cm³/mol. The highest BCUT2D eigenvalue weighted by Crippen LogP contribution is 2.52. The zero-order valence-electron chi connectivity index (χ0n) is 16.3. The van der Waals surface area contributed by atoms with E-state index in [9.17, 15) is 0 Å². The van der Waals surface area contributed by atoms with Gasteiger partial charge >= 0.3 is 0 Å². The highest BCUT2D eigenvalue weighted by molar-refractivity contribution is 5.43. The second-order valence-electron chi connectivity index (χ2n) is 6.20. The van der Waals surface area contributed by atoms with Crippen LogP contribution in [0.1, 0.15) is 44.6 Å². The molecule has 2 aromatic rings. The number of allylic oxidation sites excluding steroid dienone is 1. The standard InChI is InChI=1S/C12H12O.C8H8O.C3H8.2H2O/c1-8-9-6-7-10(9)11-4-2-3-5-12(11)13-8;1-2-9-8-6-4-3-5-7-8;1-3-2;;/h2-5,9-10H,1,6-7H2;2-7H,1H2;3H2,1-2H3;2*1H2/t9-,10-;;;;/m0..../s1. The summed E-state index contributed by atoms with van der Waals surface area (Å²) in [6, 6.07) is 17.8. The fraction of sp³-hybridized carbons (Fsp3) is 0.304. The molecule has 4 heteroatoms. The van der Waals surface area contributed by atoms with Crippen molar-refractivity contribution in [3.63, 3.8) is 0 Å². The third kappa shape index (κ3) is 6.59. The van der Waals surface area contributed by atoms with Gasteiger partial charge in [-0.3, -0.25) is 0 Å². The number of para-hydroxylation sites is 2. The number of ether oxygens (including phenoxy) is 2. The van der Waals surface area contributed by atoms with E-state index in [1.165, 1.54) is 31.1 Å². The topological polar surface area (TPSA) is 81.5 Å². The summed E-state index contributed by atoms with van der Waals surface area (Å²) in [5.41, 5.74) is 1.38. The zero-order chi connectivity index (χ0) is 18.1. The quantitative estimate of drug-likeness (QED) is 0.690. The van der Waals surface area contributed by atoms with Gasteiger partial charge in [-0.15, -0.1) is 0 Å². The maximum atomic E-state index is 5.67. The van der Waals surface area contributed by atoms with E-state index in [4.69, 9.17) is 9.47 Å². The van der Waals surface area contributed by atoms with Gasteiger partial charge in [0.1, 0.15) is 17.3 Å². The van der Waals surface area contributed by atoms with Crippen molar-refractivity contribution in [3.8, 4) is 11.5 Å². The first-order valence-electron chi connectivity index (χ1n) is 8.99. The van der Waals surface area contributed by atoms with E-state index >= 15 is 0 Å². The van der Waals surface area contributed by atoms with Crippen molar-refractivity contribution in [2.24, 2.45) is 5.92 Å². The molecule has 148 valence electrons. The van der Waals surface area contributed by atoms with Crippen LogP contribution >= 0.6 is 0 Å². The second kappa shape index (κ2) is 12.7. The van der Waals surface area contributed by atoms with Crippen LogP contribution < -0.4 is 9.47 Å². The minimum atomic E-state index is 0. The monoisotopic (exact) mass is 372 g/mol. The van der Waals surface area contributed by atoms with Gasteiger partial charge in [-0.2, -0.15) is 0 Å². The molecule has 0 spiro atoms. The first kappa shape index (κ1) is 24.4. The molecule has 4 rings (SSSR count). The first-order valence-corrected chi connectivity index (χ1v) is 8.99. The predicted octanol–water partition coefficient (Wildman–Crippen LogP) is 5.06. The SMILES string of the molecule is C=C1Oc2ccccc2[C@H]2CC[C@@H]12.C=COc1ccccc1.CCC.O.O. The van der Waals surface area contributed by atoms with E-state index < -0.39 is 0 Å². The fourth-order valence-electron chi connectivity index (χ4n) is 2.95. The minimum Gasteiger partial charge on any atom is -0.466 e. The molecule has 1 saturated carbocycles. The zero-order valence-corrected chi connectivity index (χ0v) is 16.3. The molecule has 27 heavy (non-hydrogen) atoms. The van der Waals surface area contributed by atoms with Crippen molar-refractivity contribution >= 4 is 0 Å². The summed E-state index contributed by atoms with van der Waals surface area (Å²) in [6.45, 7) is 11.7. The second-order valence-corrected chi connectivity index (χ2v) is 6.20. The average molecular weight is 373 g/mol. The van der Waals surface area contributed by atoms with Crippen LogP contribution in [0.15, 0.2) is 79.8 Å². The maximum absolute atomic E-state index is 5.67. The van der Waals surface area contributed by atoms with Gasteiger partial charge < -0.3 is 20.4 Å². The molecule has 2 aliphatic rings. The van der Waals surface area contributed by atoms with Gasteiger partial charge in [0, 0.05) is 5.92 Å². The molecule has 4 nitrogen and oxygen atoms in total. The number of hydrogen-bond acceptors (Lipinski definition) is 2. The van der Waals surface area contributed by atoms with E-state index in [2.05, 4.69) is 39.1 Å². The van der Waals surface area contributed by atoms with Crippen LogP contribution in [-0.4, -0.2) is 11.0 Å². The first-order chi connectivity index (χ1) is 12.2. The molecule has 2 atom stereocenters. The van der Waals surface area contributed by atoms with Crippen molar-refractivity contribution in [1.82, 2.24) is 0 Å². The Kier molecular flexibility index (Phi) is 11.5. The third-order valence-corrected chi connectivity index (χ3v) is 4.21. The summed E-state index contributed by atoms with van der Waals surface area (Å²) < 4.78 is 10.6. The molecule has 1 aliphatic carbocycles. The lowest BCUT2D eigenvalue weighted by Crippen LogP contribution is -2.31.